The summed E-state index contributed by atoms with van der Waals surface area (Å²) in [7, 11) is 0. The standard InChI is InChI=1S/C41H50N4O4S/c1-6-7-8-9-10-23-49-33-17-15-30(16-18-33)32-25-42-37(43-26-32)31-13-11-29(12-14-31)24-34(39(48)45-22-21-41(5,27-45)28-46)44-38(47)35-19-20-36(50-35)40(2,3)4/h11-20,25-26,28,34H,6-10,21-24,27H2,1-5H3,(H,44,47)/t34-,41?/m0/s1. The fourth-order valence-electron chi connectivity index (χ4n) is 6.07. The maximum absolute atomic E-state index is 13.8. The molecule has 0 radical (unpaired) electrons. The molecule has 8 nitrogen and oxygen atoms in total. The average Bonchev–Trinajstić information content (AvgIpc) is 3.79. The maximum Gasteiger partial charge on any atom is 0.262 e. The third-order valence-electron chi connectivity index (χ3n) is 9.28. The number of aromatic nitrogens is 2. The first-order valence-electron chi connectivity index (χ1n) is 17.8. The maximum atomic E-state index is 13.8. The van der Waals surface area contributed by atoms with Crippen LogP contribution in [0.5, 0.6) is 5.75 Å². The molecule has 5 rings (SSSR count). The lowest BCUT2D eigenvalue weighted by molar-refractivity contribution is -0.132. The fourth-order valence-corrected chi connectivity index (χ4v) is 7.04. The van der Waals surface area contributed by atoms with Crippen molar-refractivity contribution >= 4 is 29.4 Å². The summed E-state index contributed by atoms with van der Waals surface area (Å²) >= 11 is 1.45. The summed E-state index contributed by atoms with van der Waals surface area (Å²) in [6, 6.07) is 18.8. The number of carbonyl (C=O) groups is 3. The topological polar surface area (TPSA) is 101 Å². The molecule has 1 unspecified atom stereocenters. The van der Waals surface area contributed by atoms with E-state index in [9.17, 15) is 14.4 Å². The molecular weight excluding hydrogens is 645 g/mol. The Hall–Kier alpha value is -4.37. The molecule has 2 aromatic heterocycles. The van der Waals surface area contributed by atoms with Gasteiger partial charge in [0.1, 0.15) is 18.1 Å². The normalized spacial score (nSPS) is 16.6. The highest BCUT2D eigenvalue weighted by molar-refractivity contribution is 7.14. The Morgan fingerprint density at radius 1 is 0.940 bits per heavy atom. The summed E-state index contributed by atoms with van der Waals surface area (Å²) in [6.07, 6.45) is 11.6. The third kappa shape index (κ3) is 9.65. The van der Waals surface area contributed by atoms with Crippen molar-refractivity contribution in [2.45, 2.75) is 91.0 Å². The molecule has 0 spiro atoms. The highest BCUT2D eigenvalue weighted by atomic mass is 32.1. The van der Waals surface area contributed by atoms with E-state index in [2.05, 4.69) is 43.0 Å². The number of likely N-dealkylation sites (tertiary alicyclic amines) is 1. The van der Waals surface area contributed by atoms with Gasteiger partial charge >= 0.3 is 0 Å². The minimum atomic E-state index is -0.777. The number of benzene rings is 2. The second-order valence-electron chi connectivity index (χ2n) is 14.7. The Kier molecular flexibility index (Phi) is 12.2. The molecule has 0 bridgehead atoms. The number of aldehydes is 1. The minimum absolute atomic E-state index is 0.0766. The zero-order chi connectivity index (χ0) is 35.7. The first-order valence-corrected chi connectivity index (χ1v) is 18.6. The predicted octanol–water partition coefficient (Wildman–Crippen LogP) is 8.30. The van der Waals surface area contributed by atoms with E-state index in [1.165, 1.54) is 37.0 Å². The van der Waals surface area contributed by atoms with Crippen LogP contribution in [0.3, 0.4) is 0 Å². The molecule has 4 aromatic rings. The van der Waals surface area contributed by atoms with Crippen LogP contribution in [-0.2, 0) is 21.4 Å². The number of rotatable bonds is 15. The van der Waals surface area contributed by atoms with Crippen LogP contribution >= 0.6 is 11.3 Å². The number of ether oxygens (including phenoxy) is 1. The van der Waals surface area contributed by atoms with Crippen molar-refractivity contribution in [2.75, 3.05) is 19.7 Å². The van der Waals surface area contributed by atoms with Gasteiger partial charge in [0.05, 0.1) is 11.5 Å². The molecule has 0 aliphatic carbocycles. The molecule has 1 saturated heterocycles. The summed E-state index contributed by atoms with van der Waals surface area (Å²) in [5.41, 5.74) is 3.04. The molecule has 1 fully saturated rings. The molecule has 50 heavy (non-hydrogen) atoms. The van der Waals surface area contributed by atoms with Gasteiger partial charge in [-0.15, -0.1) is 11.3 Å². The molecule has 264 valence electrons. The second kappa shape index (κ2) is 16.6. The number of carbonyl (C=O) groups excluding carboxylic acids is 3. The fraction of sp³-hybridized carbons (Fsp3) is 0.439. The van der Waals surface area contributed by atoms with Crippen LogP contribution in [0.2, 0.25) is 0 Å². The van der Waals surface area contributed by atoms with Gasteiger partial charge in [-0.3, -0.25) is 9.59 Å². The Morgan fingerprint density at radius 2 is 1.62 bits per heavy atom. The molecule has 1 aliphatic heterocycles. The van der Waals surface area contributed by atoms with Crippen molar-refractivity contribution in [2.24, 2.45) is 5.41 Å². The van der Waals surface area contributed by atoms with E-state index in [-0.39, 0.29) is 17.2 Å². The average molecular weight is 695 g/mol. The van der Waals surface area contributed by atoms with Gasteiger partial charge in [-0.2, -0.15) is 0 Å². The zero-order valence-electron chi connectivity index (χ0n) is 30.0. The Labute approximate surface area is 300 Å². The number of hydrogen-bond acceptors (Lipinski definition) is 7. The van der Waals surface area contributed by atoms with Crippen LogP contribution in [0.1, 0.15) is 93.3 Å². The molecule has 3 heterocycles. The largest absolute Gasteiger partial charge is 0.494 e. The lowest BCUT2D eigenvalue weighted by Gasteiger charge is -2.25. The van der Waals surface area contributed by atoms with Crippen molar-refractivity contribution < 1.29 is 19.1 Å². The summed E-state index contributed by atoms with van der Waals surface area (Å²) in [6.45, 7) is 12.0. The van der Waals surface area contributed by atoms with E-state index < -0.39 is 11.5 Å². The van der Waals surface area contributed by atoms with Crippen LogP contribution < -0.4 is 10.1 Å². The Bertz CT molecular complexity index is 1730. The van der Waals surface area contributed by atoms with E-state index in [0.717, 1.165) is 52.2 Å². The number of amides is 2. The predicted molar refractivity (Wildman–Crippen MR) is 201 cm³/mol. The van der Waals surface area contributed by atoms with Crippen molar-refractivity contribution in [3.05, 3.63) is 88.4 Å². The second-order valence-corrected chi connectivity index (χ2v) is 15.8. The van der Waals surface area contributed by atoms with Crippen LogP contribution in [0.25, 0.3) is 22.5 Å². The molecule has 9 heteroatoms. The van der Waals surface area contributed by atoms with Crippen molar-refractivity contribution in [3.8, 4) is 28.3 Å². The first-order chi connectivity index (χ1) is 24.0. The molecule has 1 N–H and O–H groups in total. The van der Waals surface area contributed by atoms with Gasteiger partial charge in [-0.1, -0.05) is 96.7 Å². The van der Waals surface area contributed by atoms with Crippen molar-refractivity contribution in [1.29, 1.82) is 0 Å². The number of hydrogen-bond donors (Lipinski definition) is 1. The highest BCUT2D eigenvalue weighted by Gasteiger charge is 2.38. The van der Waals surface area contributed by atoms with E-state index in [1.807, 2.05) is 80.0 Å². The highest BCUT2D eigenvalue weighted by Crippen LogP contribution is 2.31. The number of unbranched alkanes of at least 4 members (excludes halogenated alkanes) is 4. The van der Waals surface area contributed by atoms with Gasteiger partial charge in [-0.25, -0.2) is 9.97 Å². The summed E-state index contributed by atoms with van der Waals surface area (Å²) in [5.74, 6) is 1.01. The van der Waals surface area contributed by atoms with Crippen molar-refractivity contribution in [1.82, 2.24) is 20.2 Å². The molecule has 0 saturated carbocycles. The summed E-state index contributed by atoms with van der Waals surface area (Å²) < 4.78 is 5.91. The summed E-state index contributed by atoms with van der Waals surface area (Å²) in [4.78, 5) is 51.5. The monoisotopic (exact) mass is 694 g/mol. The van der Waals surface area contributed by atoms with Crippen LogP contribution in [0, 0.1) is 5.41 Å². The van der Waals surface area contributed by atoms with E-state index >= 15 is 0 Å². The van der Waals surface area contributed by atoms with Crippen molar-refractivity contribution in [3.63, 3.8) is 0 Å². The van der Waals surface area contributed by atoms with Crippen LogP contribution in [0.4, 0.5) is 0 Å². The lowest BCUT2D eigenvalue weighted by Crippen LogP contribution is -2.49. The quantitative estimate of drug-likeness (QED) is 0.0993. The molecular formula is C41H50N4O4S. The smallest absolute Gasteiger partial charge is 0.262 e. The van der Waals surface area contributed by atoms with Gasteiger partial charge in [0.2, 0.25) is 5.91 Å². The van der Waals surface area contributed by atoms with Crippen LogP contribution in [0.15, 0.2) is 73.1 Å². The number of thiophene rings is 1. The van der Waals surface area contributed by atoms with Gasteiger partial charge in [0.25, 0.3) is 5.91 Å². The number of nitrogens with zero attached hydrogens (tertiary/aromatic N) is 3. The molecule has 2 aromatic carbocycles. The molecule has 2 atom stereocenters. The van der Waals surface area contributed by atoms with Crippen LogP contribution in [-0.4, -0.2) is 58.7 Å². The summed E-state index contributed by atoms with van der Waals surface area (Å²) in [5, 5.41) is 3.02. The lowest BCUT2D eigenvalue weighted by atomic mass is 9.92. The molecule has 1 aliphatic rings. The van der Waals surface area contributed by atoms with Gasteiger partial charge < -0.3 is 19.7 Å². The number of nitrogens with one attached hydrogen (secondary N) is 1. The van der Waals surface area contributed by atoms with Gasteiger partial charge in [0, 0.05) is 53.3 Å². The Morgan fingerprint density at radius 3 is 2.24 bits per heavy atom. The van der Waals surface area contributed by atoms with E-state index in [4.69, 9.17) is 4.74 Å². The van der Waals surface area contributed by atoms with Gasteiger partial charge in [-0.05, 0) is 53.6 Å². The zero-order valence-corrected chi connectivity index (χ0v) is 30.9. The first kappa shape index (κ1) is 36.9. The van der Waals surface area contributed by atoms with E-state index in [0.29, 0.717) is 36.6 Å². The minimum Gasteiger partial charge on any atom is -0.494 e. The third-order valence-corrected chi connectivity index (χ3v) is 10.8. The molecule has 2 amide bonds. The van der Waals surface area contributed by atoms with Gasteiger partial charge in [0.15, 0.2) is 5.82 Å². The SMILES string of the molecule is CCCCCCCOc1ccc(-c2cnc(-c3ccc(C[C@H](NC(=O)c4ccc(C(C)(C)C)s4)C(=O)N4CCC(C)(C=O)C4)cc3)nc2)cc1. The van der Waals surface area contributed by atoms with E-state index in [1.54, 1.807) is 4.90 Å². The Balaban J connectivity index is 1.23.